The number of fused-ring (bicyclic) bond motifs is 1. The molecule has 152 valence electrons. The molecular formula is C20H29N5O3. The van der Waals surface area contributed by atoms with Gasteiger partial charge in [0.05, 0.1) is 0 Å². The molecule has 1 N–H and O–H groups in total. The van der Waals surface area contributed by atoms with Gasteiger partial charge in [-0.3, -0.25) is 9.36 Å². The fourth-order valence-electron chi connectivity index (χ4n) is 3.38. The fraction of sp³-hybridized carbons (Fsp3) is 0.600. The number of ether oxygens (including phenoxy) is 1. The largest absolute Gasteiger partial charge is 0.444 e. The molecular weight excluding hydrogens is 358 g/mol. The van der Waals surface area contributed by atoms with Gasteiger partial charge in [0.2, 0.25) is 5.95 Å². The minimum absolute atomic E-state index is 0.00343. The van der Waals surface area contributed by atoms with Crippen molar-refractivity contribution in [2.24, 2.45) is 0 Å². The molecule has 2 aromatic rings. The van der Waals surface area contributed by atoms with E-state index in [4.69, 9.17) is 4.74 Å². The molecule has 0 spiro atoms. The first kappa shape index (κ1) is 20.1. The second-order valence-electron chi connectivity index (χ2n) is 8.52. The zero-order valence-electron chi connectivity index (χ0n) is 17.2. The molecule has 0 aromatic carbocycles. The predicted octanol–water partition coefficient (Wildman–Crippen LogP) is 3.18. The summed E-state index contributed by atoms with van der Waals surface area (Å²) < 4.78 is 7.14. The van der Waals surface area contributed by atoms with Crippen LogP contribution in [-0.2, 0) is 4.74 Å². The van der Waals surface area contributed by atoms with Crippen molar-refractivity contribution in [2.75, 3.05) is 18.4 Å². The fourth-order valence-corrected chi connectivity index (χ4v) is 3.38. The minimum Gasteiger partial charge on any atom is -0.444 e. The molecule has 2 aromatic heterocycles. The number of nitrogens with one attached hydrogen (secondary N) is 1. The van der Waals surface area contributed by atoms with Crippen molar-refractivity contribution in [1.29, 1.82) is 0 Å². The van der Waals surface area contributed by atoms with Crippen molar-refractivity contribution < 1.29 is 9.53 Å². The summed E-state index contributed by atoms with van der Waals surface area (Å²) in [6.45, 7) is 10.7. The van der Waals surface area contributed by atoms with Crippen LogP contribution in [0, 0.1) is 0 Å². The first-order valence-electron chi connectivity index (χ1n) is 9.77. The average molecular weight is 387 g/mol. The lowest BCUT2D eigenvalue weighted by molar-refractivity contribution is 0.0206. The second kappa shape index (κ2) is 7.77. The number of anilines is 1. The summed E-state index contributed by atoms with van der Waals surface area (Å²) in [7, 11) is 0. The predicted molar refractivity (Wildman–Crippen MR) is 109 cm³/mol. The van der Waals surface area contributed by atoms with Gasteiger partial charge in [0.25, 0.3) is 5.56 Å². The lowest BCUT2D eigenvalue weighted by Gasteiger charge is -2.34. The number of nitrogens with zero attached hydrogens (tertiary/aromatic N) is 4. The van der Waals surface area contributed by atoms with E-state index in [9.17, 15) is 9.59 Å². The number of rotatable bonds is 3. The molecule has 1 unspecified atom stereocenters. The first-order valence-corrected chi connectivity index (χ1v) is 9.77. The maximum Gasteiger partial charge on any atom is 0.410 e. The number of hydrogen-bond donors (Lipinski definition) is 1. The van der Waals surface area contributed by atoms with Gasteiger partial charge in [0.1, 0.15) is 11.2 Å². The Bertz CT molecular complexity index is 916. The third-order valence-electron chi connectivity index (χ3n) is 4.59. The summed E-state index contributed by atoms with van der Waals surface area (Å²) in [4.78, 5) is 35.3. The van der Waals surface area contributed by atoms with E-state index in [0.717, 1.165) is 18.2 Å². The molecule has 0 saturated carbocycles. The number of likely N-dealkylation sites (tertiary alicyclic amines) is 1. The number of carbonyl (C=O) groups is 1. The molecule has 28 heavy (non-hydrogen) atoms. The Morgan fingerprint density at radius 2 is 2.07 bits per heavy atom. The Kier molecular flexibility index (Phi) is 5.58. The van der Waals surface area contributed by atoms with Crippen molar-refractivity contribution in [3.05, 3.63) is 28.7 Å². The van der Waals surface area contributed by atoms with Gasteiger partial charge in [0.15, 0.2) is 0 Å². The first-order chi connectivity index (χ1) is 13.1. The molecule has 3 heterocycles. The van der Waals surface area contributed by atoms with Gasteiger partial charge in [-0.1, -0.05) is 0 Å². The molecule has 8 nitrogen and oxygen atoms in total. The molecule has 1 fully saturated rings. The average Bonchev–Trinajstić information content (AvgIpc) is 2.60. The third kappa shape index (κ3) is 4.61. The Hall–Kier alpha value is -2.64. The number of piperidine rings is 1. The Balaban J connectivity index is 1.78. The van der Waals surface area contributed by atoms with Gasteiger partial charge in [-0.25, -0.2) is 9.78 Å². The van der Waals surface area contributed by atoms with E-state index in [-0.39, 0.29) is 23.7 Å². The van der Waals surface area contributed by atoms with Crippen molar-refractivity contribution in [3.63, 3.8) is 0 Å². The summed E-state index contributed by atoms with van der Waals surface area (Å²) in [5, 5.41) is 4.14. The Labute approximate surface area is 164 Å². The highest BCUT2D eigenvalue weighted by Gasteiger charge is 2.28. The quantitative estimate of drug-likeness (QED) is 0.870. The van der Waals surface area contributed by atoms with Crippen LogP contribution in [0.25, 0.3) is 11.0 Å². The highest BCUT2D eigenvalue weighted by atomic mass is 16.6. The highest BCUT2D eigenvalue weighted by Crippen LogP contribution is 2.19. The zero-order valence-corrected chi connectivity index (χ0v) is 17.2. The van der Waals surface area contributed by atoms with Gasteiger partial charge in [-0.15, -0.1) is 0 Å². The van der Waals surface area contributed by atoms with Crippen LogP contribution in [0.4, 0.5) is 10.7 Å². The van der Waals surface area contributed by atoms with Crippen LogP contribution in [0.15, 0.2) is 23.1 Å². The molecule has 1 amide bonds. The van der Waals surface area contributed by atoms with E-state index in [1.54, 1.807) is 27.8 Å². The van der Waals surface area contributed by atoms with E-state index in [1.165, 1.54) is 0 Å². The molecule has 3 rings (SSSR count). The maximum atomic E-state index is 12.4. The van der Waals surface area contributed by atoms with Crippen LogP contribution >= 0.6 is 0 Å². The van der Waals surface area contributed by atoms with E-state index in [0.29, 0.717) is 24.7 Å². The second-order valence-corrected chi connectivity index (χ2v) is 8.52. The summed E-state index contributed by atoms with van der Waals surface area (Å²) in [5.41, 5.74) is 0.0140. The van der Waals surface area contributed by atoms with Crippen LogP contribution < -0.4 is 10.9 Å². The number of carbonyl (C=O) groups excluding carboxylic acids is 1. The van der Waals surface area contributed by atoms with Crippen LogP contribution in [0.5, 0.6) is 0 Å². The normalized spacial score (nSPS) is 17.8. The molecule has 1 aliphatic rings. The summed E-state index contributed by atoms with van der Waals surface area (Å²) in [6, 6.07) is 3.31. The van der Waals surface area contributed by atoms with E-state index in [1.807, 2.05) is 34.6 Å². The van der Waals surface area contributed by atoms with Crippen LogP contribution in [-0.4, -0.2) is 50.3 Å². The van der Waals surface area contributed by atoms with Crippen LogP contribution in [0.1, 0.15) is 53.5 Å². The van der Waals surface area contributed by atoms with E-state index in [2.05, 4.69) is 15.3 Å². The number of pyridine rings is 1. The number of hydrogen-bond acceptors (Lipinski definition) is 6. The van der Waals surface area contributed by atoms with Gasteiger partial charge < -0.3 is 15.0 Å². The van der Waals surface area contributed by atoms with E-state index < -0.39 is 5.60 Å². The third-order valence-corrected chi connectivity index (χ3v) is 4.59. The number of aromatic nitrogens is 3. The lowest BCUT2D eigenvalue weighted by atomic mass is 10.1. The molecule has 8 heteroatoms. The summed E-state index contributed by atoms with van der Waals surface area (Å²) in [6.07, 6.45) is 3.21. The standard InChI is InChI=1S/C20H29N5O3/c1-13(2)25-16(26)9-8-14-11-21-18(23-17(14)25)22-15-7-6-10-24(12-15)19(27)28-20(3,4)5/h8-9,11,13,15H,6-7,10,12H2,1-5H3,(H,21,22,23). The highest BCUT2D eigenvalue weighted by molar-refractivity contribution is 5.75. The SMILES string of the molecule is CC(C)n1c(=O)ccc2cnc(NC3CCCN(C(=O)OC(C)(C)C)C3)nc21. The summed E-state index contributed by atoms with van der Waals surface area (Å²) in [5.74, 6) is 0.462. The molecule has 1 aliphatic heterocycles. The smallest absolute Gasteiger partial charge is 0.410 e. The summed E-state index contributed by atoms with van der Waals surface area (Å²) >= 11 is 0. The van der Waals surface area contributed by atoms with Gasteiger partial charge >= 0.3 is 6.09 Å². The van der Waals surface area contributed by atoms with Crippen LogP contribution in [0.2, 0.25) is 0 Å². The molecule has 0 aliphatic carbocycles. The Morgan fingerprint density at radius 3 is 2.75 bits per heavy atom. The monoisotopic (exact) mass is 387 g/mol. The molecule has 0 bridgehead atoms. The molecule has 1 atom stereocenters. The van der Waals surface area contributed by atoms with Crippen molar-refractivity contribution in [1.82, 2.24) is 19.4 Å². The lowest BCUT2D eigenvalue weighted by Crippen LogP contribution is -2.47. The van der Waals surface area contributed by atoms with Crippen molar-refractivity contribution >= 4 is 23.1 Å². The van der Waals surface area contributed by atoms with Crippen LogP contribution in [0.3, 0.4) is 0 Å². The van der Waals surface area contributed by atoms with Gasteiger partial charge in [0, 0.05) is 42.8 Å². The molecule has 0 radical (unpaired) electrons. The minimum atomic E-state index is -0.514. The topological polar surface area (TPSA) is 89.4 Å². The van der Waals surface area contributed by atoms with Gasteiger partial charge in [-0.2, -0.15) is 4.98 Å². The van der Waals surface area contributed by atoms with Crippen molar-refractivity contribution in [3.8, 4) is 0 Å². The van der Waals surface area contributed by atoms with E-state index >= 15 is 0 Å². The zero-order chi connectivity index (χ0) is 20.5. The van der Waals surface area contributed by atoms with Crippen molar-refractivity contribution in [2.45, 2.75) is 65.1 Å². The number of amides is 1. The Morgan fingerprint density at radius 1 is 1.32 bits per heavy atom. The maximum absolute atomic E-state index is 12.4. The molecule has 1 saturated heterocycles. The van der Waals surface area contributed by atoms with Gasteiger partial charge in [-0.05, 0) is 53.5 Å².